The summed E-state index contributed by atoms with van der Waals surface area (Å²) < 4.78 is 4.51. The second kappa shape index (κ2) is 8.46. The van der Waals surface area contributed by atoms with Gasteiger partial charge in [-0.15, -0.1) is 0 Å². The summed E-state index contributed by atoms with van der Waals surface area (Å²) in [6.45, 7) is 5.89. The lowest BCUT2D eigenvalue weighted by Gasteiger charge is -2.18. The molecule has 0 radical (unpaired) electrons. The molecule has 0 aromatic heterocycles. The molecule has 0 aliphatic carbocycles. The number of amides is 3. The Morgan fingerprint density at radius 2 is 1.83 bits per heavy atom. The first kappa shape index (κ1) is 16.4. The highest BCUT2D eigenvalue weighted by molar-refractivity contribution is 5.95. The van der Waals surface area contributed by atoms with Crippen LogP contribution in [-0.4, -0.2) is 55.6 Å². The fourth-order valence-corrected chi connectivity index (χ4v) is 1.19. The first-order chi connectivity index (χ1) is 8.38. The van der Waals surface area contributed by atoms with Crippen molar-refractivity contribution in [3.8, 4) is 0 Å². The minimum absolute atomic E-state index is 0.0201. The average Bonchev–Trinajstić information content (AvgIpc) is 2.26. The smallest absolute Gasteiger partial charge is 0.321 e. The number of carbonyl (C=O) groups is 3. The molecular weight excluding hydrogens is 238 g/mol. The summed E-state index contributed by atoms with van der Waals surface area (Å²) in [6, 6.07) is -0.584. The lowest BCUT2D eigenvalue weighted by atomic mass is 10.4. The van der Waals surface area contributed by atoms with E-state index in [1.165, 1.54) is 7.11 Å². The molecule has 7 heteroatoms. The van der Waals surface area contributed by atoms with Crippen LogP contribution in [0.3, 0.4) is 0 Å². The van der Waals surface area contributed by atoms with Gasteiger partial charge >= 0.3 is 12.0 Å². The summed E-state index contributed by atoms with van der Waals surface area (Å²) in [6.07, 6.45) is 0. The summed E-state index contributed by atoms with van der Waals surface area (Å²) in [5.41, 5.74) is 0. The van der Waals surface area contributed by atoms with Crippen molar-refractivity contribution in [1.82, 2.24) is 15.5 Å². The molecule has 0 aliphatic heterocycles. The lowest BCUT2D eigenvalue weighted by molar-refractivity contribution is -0.142. The Balaban J connectivity index is 4.11. The summed E-state index contributed by atoms with van der Waals surface area (Å²) in [5, 5.41) is 4.72. The Bertz CT molecular complexity index is 305. The van der Waals surface area contributed by atoms with Crippen molar-refractivity contribution in [2.24, 2.45) is 0 Å². The maximum absolute atomic E-state index is 11.5. The van der Waals surface area contributed by atoms with Gasteiger partial charge in [-0.3, -0.25) is 19.8 Å². The van der Waals surface area contributed by atoms with Gasteiger partial charge in [-0.05, 0) is 20.4 Å². The van der Waals surface area contributed by atoms with E-state index < -0.39 is 17.9 Å². The third kappa shape index (κ3) is 7.61. The van der Waals surface area contributed by atoms with E-state index in [0.29, 0.717) is 6.54 Å². The SMILES string of the molecule is CCN(CC(=O)NC(=O)NC(C)C)CC(=O)OC. The Morgan fingerprint density at radius 1 is 1.22 bits per heavy atom. The van der Waals surface area contributed by atoms with Gasteiger partial charge in [-0.1, -0.05) is 6.92 Å². The molecular formula is C11H21N3O4. The third-order valence-electron chi connectivity index (χ3n) is 2.07. The molecule has 7 nitrogen and oxygen atoms in total. The number of urea groups is 1. The Labute approximate surface area is 107 Å². The predicted octanol–water partition coefficient (Wildman–Crippen LogP) is -0.284. The molecule has 0 rings (SSSR count). The molecule has 0 aromatic rings. The summed E-state index contributed by atoms with van der Waals surface area (Å²) >= 11 is 0. The van der Waals surface area contributed by atoms with Gasteiger partial charge < -0.3 is 10.1 Å². The van der Waals surface area contributed by atoms with E-state index in [1.807, 2.05) is 6.92 Å². The Morgan fingerprint density at radius 3 is 2.28 bits per heavy atom. The molecule has 0 fully saturated rings. The maximum atomic E-state index is 11.5. The van der Waals surface area contributed by atoms with Gasteiger partial charge in [0.05, 0.1) is 20.2 Å². The van der Waals surface area contributed by atoms with Crippen LogP contribution in [-0.2, 0) is 14.3 Å². The van der Waals surface area contributed by atoms with Crippen LogP contribution in [0.15, 0.2) is 0 Å². The van der Waals surface area contributed by atoms with Crippen molar-refractivity contribution in [3.05, 3.63) is 0 Å². The number of nitrogens with zero attached hydrogens (tertiary/aromatic N) is 1. The summed E-state index contributed by atoms with van der Waals surface area (Å²) in [7, 11) is 1.28. The molecule has 0 bridgehead atoms. The predicted molar refractivity (Wildman–Crippen MR) is 65.9 cm³/mol. The Kier molecular flexibility index (Phi) is 7.69. The van der Waals surface area contributed by atoms with Gasteiger partial charge in [0.2, 0.25) is 5.91 Å². The zero-order valence-electron chi connectivity index (χ0n) is 11.3. The van der Waals surface area contributed by atoms with Crippen LogP contribution in [0, 0.1) is 0 Å². The molecule has 0 aliphatic rings. The first-order valence-corrected chi connectivity index (χ1v) is 5.78. The Hall–Kier alpha value is -1.63. The first-order valence-electron chi connectivity index (χ1n) is 5.78. The normalized spacial score (nSPS) is 10.3. The molecule has 0 unspecified atom stereocenters. The molecule has 2 N–H and O–H groups in total. The topological polar surface area (TPSA) is 87.7 Å². The van der Waals surface area contributed by atoms with Crippen LogP contribution in [0.25, 0.3) is 0 Å². The number of carbonyl (C=O) groups excluding carboxylic acids is 3. The second-order valence-electron chi connectivity index (χ2n) is 4.06. The lowest BCUT2D eigenvalue weighted by Crippen LogP contribution is -2.47. The average molecular weight is 259 g/mol. The summed E-state index contributed by atoms with van der Waals surface area (Å²) in [4.78, 5) is 35.4. The van der Waals surface area contributed by atoms with Gasteiger partial charge in [-0.2, -0.15) is 0 Å². The number of hydrogen-bond acceptors (Lipinski definition) is 5. The molecule has 0 spiro atoms. The molecule has 0 heterocycles. The quantitative estimate of drug-likeness (QED) is 0.640. The number of ether oxygens (including phenoxy) is 1. The third-order valence-corrected chi connectivity index (χ3v) is 2.07. The number of hydrogen-bond donors (Lipinski definition) is 2. The fourth-order valence-electron chi connectivity index (χ4n) is 1.19. The van der Waals surface area contributed by atoms with Gasteiger partial charge in [-0.25, -0.2) is 4.79 Å². The zero-order valence-corrected chi connectivity index (χ0v) is 11.3. The highest BCUT2D eigenvalue weighted by Crippen LogP contribution is 1.89. The van der Waals surface area contributed by atoms with Crippen molar-refractivity contribution < 1.29 is 19.1 Å². The zero-order chi connectivity index (χ0) is 14.1. The van der Waals surface area contributed by atoms with E-state index >= 15 is 0 Å². The van der Waals surface area contributed by atoms with E-state index in [-0.39, 0.29) is 19.1 Å². The van der Waals surface area contributed by atoms with E-state index in [9.17, 15) is 14.4 Å². The molecule has 0 saturated heterocycles. The van der Waals surface area contributed by atoms with E-state index in [1.54, 1.807) is 18.7 Å². The molecule has 0 aromatic carbocycles. The molecule has 0 atom stereocenters. The maximum Gasteiger partial charge on any atom is 0.321 e. The second-order valence-corrected chi connectivity index (χ2v) is 4.06. The van der Waals surface area contributed by atoms with Crippen LogP contribution >= 0.6 is 0 Å². The van der Waals surface area contributed by atoms with E-state index in [2.05, 4.69) is 15.4 Å². The largest absolute Gasteiger partial charge is 0.468 e. The number of rotatable bonds is 6. The standard InChI is InChI=1S/C11H21N3O4/c1-5-14(7-10(16)18-4)6-9(15)13-11(17)12-8(2)3/h8H,5-7H2,1-4H3,(H2,12,13,15,17). The van der Waals surface area contributed by atoms with Gasteiger partial charge in [0.15, 0.2) is 0 Å². The fraction of sp³-hybridized carbons (Fsp3) is 0.727. The molecule has 3 amide bonds. The van der Waals surface area contributed by atoms with Gasteiger partial charge in [0, 0.05) is 6.04 Å². The minimum Gasteiger partial charge on any atom is -0.468 e. The van der Waals surface area contributed by atoms with Crippen LogP contribution in [0.5, 0.6) is 0 Å². The van der Waals surface area contributed by atoms with E-state index in [4.69, 9.17) is 0 Å². The van der Waals surface area contributed by atoms with Crippen LogP contribution < -0.4 is 10.6 Å². The minimum atomic E-state index is -0.538. The molecule has 0 saturated carbocycles. The van der Waals surface area contributed by atoms with Gasteiger partial charge in [0.1, 0.15) is 0 Å². The number of methoxy groups -OCH3 is 1. The van der Waals surface area contributed by atoms with Crippen LogP contribution in [0.2, 0.25) is 0 Å². The number of likely N-dealkylation sites (N-methyl/N-ethyl adjacent to an activating group) is 1. The van der Waals surface area contributed by atoms with Crippen molar-refractivity contribution in [1.29, 1.82) is 0 Å². The van der Waals surface area contributed by atoms with Crippen molar-refractivity contribution >= 4 is 17.9 Å². The van der Waals surface area contributed by atoms with Crippen molar-refractivity contribution in [3.63, 3.8) is 0 Å². The monoisotopic (exact) mass is 259 g/mol. The number of nitrogens with one attached hydrogen (secondary N) is 2. The van der Waals surface area contributed by atoms with Crippen LogP contribution in [0.4, 0.5) is 4.79 Å². The molecule has 104 valence electrons. The molecule has 18 heavy (non-hydrogen) atoms. The van der Waals surface area contributed by atoms with Crippen LogP contribution in [0.1, 0.15) is 20.8 Å². The van der Waals surface area contributed by atoms with Crippen molar-refractivity contribution in [2.45, 2.75) is 26.8 Å². The number of esters is 1. The summed E-state index contributed by atoms with van der Waals surface area (Å²) in [5.74, 6) is -0.879. The van der Waals surface area contributed by atoms with Crippen molar-refractivity contribution in [2.75, 3.05) is 26.7 Å². The highest BCUT2D eigenvalue weighted by Gasteiger charge is 2.15. The number of imide groups is 1. The van der Waals surface area contributed by atoms with E-state index in [0.717, 1.165) is 0 Å². The van der Waals surface area contributed by atoms with Gasteiger partial charge in [0.25, 0.3) is 0 Å². The highest BCUT2D eigenvalue weighted by atomic mass is 16.5.